The molecule has 0 heterocycles. The first-order chi connectivity index (χ1) is 8.68. The van der Waals surface area contributed by atoms with Gasteiger partial charge in [-0.05, 0) is 0 Å². The third-order valence-corrected chi connectivity index (χ3v) is 2.68. The molecular weight excluding hydrogens is 251 g/mol. The largest absolute Gasteiger partial charge is 1.00 e. The van der Waals surface area contributed by atoms with Crippen LogP contribution >= 0.6 is 0 Å². The average Bonchev–Trinajstić information content (AvgIpc) is 2.37. The minimum atomic E-state index is -0.745. The molecule has 0 rings (SSSR count). The third-order valence-electron chi connectivity index (χ3n) is 2.68. The summed E-state index contributed by atoms with van der Waals surface area (Å²) in [5, 5.41) is 7.72. The smallest absolute Gasteiger partial charge is 0.542 e. The van der Waals surface area contributed by atoms with E-state index in [0.29, 0.717) is 6.42 Å². The van der Waals surface area contributed by atoms with Crippen molar-refractivity contribution >= 4 is 12.3 Å². The van der Waals surface area contributed by atoms with E-state index in [9.17, 15) is 9.59 Å². The van der Waals surface area contributed by atoms with Gasteiger partial charge in [0, 0.05) is 6.42 Å². The van der Waals surface area contributed by atoms with Crippen molar-refractivity contribution in [2.24, 2.45) is 0 Å². The van der Waals surface area contributed by atoms with Gasteiger partial charge in [0.2, 0.25) is 0 Å². The Morgan fingerprint density at radius 1 is 0.895 bits per heavy atom. The summed E-state index contributed by atoms with van der Waals surface area (Å²) >= 11 is 0. The second-order valence-corrected chi connectivity index (χ2v) is 4.47. The van der Waals surface area contributed by atoms with Gasteiger partial charge in [-0.1, -0.05) is 71.6 Å². The van der Waals surface area contributed by atoms with Gasteiger partial charge in [-0.15, -0.1) is 0 Å². The zero-order chi connectivity index (χ0) is 14.1. The van der Waals surface area contributed by atoms with E-state index in [0.717, 1.165) is 6.42 Å². The summed E-state index contributed by atoms with van der Waals surface area (Å²) in [4.78, 5) is 19.3. The summed E-state index contributed by atoms with van der Waals surface area (Å²) in [7, 11) is 0. The fourth-order valence-corrected chi connectivity index (χ4v) is 1.51. The van der Waals surface area contributed by atoms with Gasteiger partial charge in [0.15, 0.2) is 0 Å². The molecule has 19 heavy (non-hydrogen) atoms. The molecular formula is C15H29NaO3. The van der Waals surface area contributed by atoms with Crippen LogP contribution in [-0.2, 0) is 9.59 Å². The molecule has 0 aliphatic rings. The second kappa shape index (κ2) is 23.2. The Bertz CT molecular complexity index is 184. The molecule has 108 valence electrons. The average molecular weight is 280 g/mol. The van der Waals surface area contributed by atoms with Gasteiger partial charge in [0.1, 0.15) is 0 Å². The SMILES string of the molecule is CCC(=O)O.CCCCCCCCCCC[C-]=O.[Na+]. The normalized spacial score (nSPS) is 8.95. The zero-order valence-electron chi connectivity index (χ0n) is 13.0. The fourth-order valence-electron chi connectivity index (χ4n) is 1.51. The predicted molar refractivity (Wildman–Crippen MR) is 75.5 cm³/mol. The van der Waals surface area contributed by atoms with Crippen molar-refractivity contribution in [2.45, 2.75) is 84.5 Å². The molecule has 4 heteroatoms. The Morgan fingerprint density at radius 3 is 1.58 bits per heavy atom. The Labute approximate surface area is 140 Å². The van der Waals surface area contributed by atoms with Crippen LogP contribution in [0.15, 0.2) is 0 Å². The summed E-state index contributed by atoms with van der Waals surface area (Å²) in [5.74, 6) is -0.745. The maximum absolute atomic E-state index is 9.89. The molecule has 0 aliphatic heterocycles. The van der Waals surface area contributed by atoms with Crippen molar-refractivity contribution in [2.75, 3.05) is 0 Å². The van der Waals surface area contributed by atoms with Crippen molar-refractivity contribution in [1.82, 2.24) is 0 Å². The molecule has 0 atom stereocenters. The zero-order valence-corrected chi connectivity index (χ0v) is 15.0. The molecule has 0 aliphatic carbocycles. The molecule has 0 fully saturated rings. The van der Waals surface area contributed by atoms with Crippen LogP contribution in [0.4, 0.5) is 0 Å². The van der Waals surface area contributed by atoms with Crippen molar-refractivity contribution in [3.05, 3.63) is 0 Å². The van der Waals surface area contributed by atoms with E-state index in [1.54, 1.807) is 6.92 Å². The molecule has 3 nitrogen and oxygen atoms in total. The third kappa shape index (κ3) is 32.1. The Morgan fingerprint density at radius 2 is 1.26 bits per heavy atom. The standard InChI is InChI=1S/C12H23O.C3H6O2.Na/c1-2-3-4-5-6-7-8-9-10-11-12-13;1-2-3(4)5;/h2-11H2,1H3;2H2,1H3,(H,4,5);/q-1;;+1. The number of carboxylic acids is 1. The van der Waals surface area contributed by atoms with Crippen molar-refractivity contribution in [3.8, 4) is 0 Å². The molecule has 0 spiro atoms. The molecule has 0 radical (unpaired) electrons. The van der Waals surface area contributed by atoms with Gasteiger partial charge in [0.25, 0.3) is 0 Å². The van der Waals surface area contributed by atoms with Crippen LogP contribution in [0.1, 0.15) is 84.5 Å². The maximum atomic E-state index is 9.89. The summed E-state index contributed by atoms with van der Waals surface area (Å²) in [5.41, 5.74) is 0. The van der Waals surface area contributed by atoms with Crippen molar-refractivity contribution in [1.29, 1.82) is 0 Å². The predicted octanol–water partition coefficient (Wildman–Crippen LogP) is 1.50. The monoisotopic (exact) mass is 280 g/mol. The van der Waals surface area contributed by atoms with Crippen LogP contribution in [0.2, 0.25) is 0 Å². The van der Waals surface area contributed by atoms with Gasteiger partial charge < -0.3 is 9.90 Å². The molecule has 0 aromatic heterocycles. The first-order valence-electron chi connectivity index (χ1n) is 7.25. The fraction of sp³-hybridized carbons (Fsp3) is 0.867. The first-order valence-corrected chi connectivity index (χ1v) is 7.25. The molecule has 0 saturated carbocycles. The number of hydrogen-bond acceptors (Lipinski definition) is 2. The molecule has 0 bridgehead atoms. The van der Waals surface area contributed by atoms with Gasteiger partial charge >= 0.3 is 35.5 Å². The van der Waals surface area contributed by atoms with E-state index < -0.39 is 5.97 Å². The van der Waals surface area contributed by atoms with Gasteiger partial charge in [0.05, 0.1) is 0 Å². The first kappa shape index (κ1) is 24.2. The quantitative estimate of drug-likeness (QED) is 0.354. The number of carboxylic acid groups (broad SMARTS) is 1. The molecule has 0 aromatic carbocycles. The van der Waals surface area contributed by atoms with Gasteiger partial charge in [-0.2, -0.15) is 6.42 Å². The van der Waals surface area contributed by atoms with E-state index in [-0.39, 0.29) is 36.0 Å². The minimum Gasteiger partial charge on any atom is -0.542 e. The summed E-state index contributed by atoms with van der Waals surface area (Å²) in [6.07, 6.45) is 14.6. The molecule has 0 aromatic rings. The number of rotatable bonds is 11. The van der Waals surface area contributed by atoms with Crippen LogP contribution in [0.3, 0.4) is 0 Å². The summed E-state index contributed by atoms with van der Waals surface area (Å²) in [6, 6.07) is 0. The number of hydrogen-bond donors (Lipinski definition) is 1. The molecule has 0 saturated heterocycles. The Hall–Kier alpha value is 0.140. The second-order valence-electron chi connectivity index (χ2n) is 4.47. The number of carbonyl (C=O) groups excluding carboxylic acids is 1. The van der Waals surface area contributed by atoms with Crippen molar-refractivity contribution in [3.63, 3.8) is 0 Å². The number of carbonyl (C=O) groups is 1. The number of aliphatic carboxylic acids is 1. The van der Waals surface area contributed by atoms with Crippen LogP contribution in [0, 0.1) is 0 Å². The van der Waals surface area contributed by atoms with E-state index in [2.05, 4.69) is 6.92 Å². The maximum Gasteiger partial charge on any atom is 1.00 e. The van der Waals surface area contributed by atoms with Gasteiger partial charge in [-0.25, -0.2) is 0 Å². The summed E-state index contributed by atoms with van der Waals surface area (Å²) in [6.45, 7) is 3.85. The van der Waals surface area contributed by atoms with Crippen LogP contribution < -0.4 is 29.6 Å². The topological polar surface area (TPSA) is 54.4 Å². The van der Waals surface area contributed by atoms with E-state index in [4.69, 9.17) is 5.11 Å². The van der Waals surface area contributed by atoms with Crippen LogP contribution in [0.5, 0.6) is 0 Å². The van der Waals surface area contributed by atoms with Crippen molar-refractivity contribution < 1.29 is 44.3 Å². The van der Waals surface area contributed by atoms with E-state index in [1.807, 2.05) is 6.29 Å². The molecule has 0 unspecified atom stereocenters. The summed E-state index contributed by atoms with van der Waals surface area (Å²) < 4.78 is 0. The minimum absolute atomic E-state index is 0. The molecule has 1 N–H and O–H groups in total. The van der Waals surface area contributed by atoms with E-state index >= 15 is 0 Å². The molecule has 0 amide bonds. The Balaban J connectivity index is -0.000000366. The van der Waals surface area contributed by atoms with E-state index in [1.165, 1.54) is 51.4 Å². The Kier molecular flexibility index (Phi) is 29.6. The van der Waals surface area contributed by atoms with Crippen LogP contribution in [-0.4, -0.2) is 17.4 Å². The number of unbranched alkanes of at least 4 members (excludes halogenated alkanes) is 9. The van der Waals surface area contributed by atoms with Gasteiger partial charge in [-0.3, -0.25) is 11.1 Å². The van der Waals surface area contributed by atoms with Crippen LogP contribution in [0.25, 0.3) is 0 Å².